The molecule has 0 spiro atoms. The van der Waals surface area contributed by atoms with E-state index in [0.29, 0.717) is 23.4 Å². The highest BCUT2D eigenvalue weighted by atomic mass is 35.5. The van der Waals surface area contributed by atoms with Crippen LogP contribution in [0.4, 0.5) is 5.95 Å². The minimum absolute atomic E-state index is 0.0706. The number of carbonyl (C=O) groups excluding carboxylic acids is 1. The van der Waals surface area contributed by atoms with E-state index in [2.05, 4.69) is 9.97 Å². The van der Waals surface area contributed by atoms with Gasteiger partial charge in [-0.1, -0.05) is 23.7 Å². The summed E-state index contributed by atoms with van der Waals surface area (Å²) in [5.74, 6) is 0.413. The highest BCUT2D eigenvalue weighted by molar-refractivity contribution is 6.30. The van der Waals surface area contributed by atoms with Crippen LogP contribution in [-0.4, -0.2) is 15.8 Å². The molecule has 1 aliphatic carbocycles. The van der Waals surface area contributed by atoms with Crippen molar-refractivity contribution in [3.05, 3.63) is 52.3 Å². The minimum atomic E-state index is 0.0706. The predicted octanol–water partition coefficient (Wildman–Crippen LogP) is 2.62. The second-order valence-electron chi connectivity index (χ2n) is 4.67. The second-order valence-corrected chi connectivity index (χ2v) is 5.10. The lowest BCUT2D eigenvalue weighted by atomic mass is 9.82. The normalized spacial score (nSPS) is 18.2. The zero-order valence-corrected chi connectivity index (χ0v) is 10.9. The Morgan fingerprint density at radius 3 is 2.68 bits per heavy atom. The first-order valence-electron chi connectivity index (χ1n) is 6.03. The molecule has 0 fully saturated rings. The van der Waals surface area contributed by atoms with Gasteiger partial charge in [-0.25, -0.2) is 9.97 Å². The lowest BCUT2D eigenvalue weighted by Gasteiger charge is -2.23. The molecule has 0 saturated carbocycles. The van der Waals surface area contributed by atoms with Gasteiger partial charge in [-0.15, -0.1) is 0 Å². The fourth-order valence-electron chi connectivity index (χ4n) is 2.43. The summed E-state index contributed by atoms with van der Waals surface area (Å²) in [5, 5.41) is 0.692. The molecule has 1 atom stereocenters. The van der Waals surface area contributed by atoms with Crippen LogP contribution < -0.4 is 5.73 Å². The molecule has 1 aromatic carbocycles. The van der Waals surface area contributed by atoms with Crippen molar-refractivity contribution in [2.75, 3.05) is 5.73 Å². The number of benzene rings is 1. The number of carbonyl (C=O) groups is 1. The van der Waals surface area contributed by atoms with E-state index in [9.17, 15) is 4.79 Å². The average molecular weight is 274 g/mol. The van der Waals surface area contributed by atoms with E-state index >= 15 is 0 Å². The predicted molar refractivity (Wildman–Crippen MR) is 73.3 cm³/mol. The van der Waals surface area contributed by atoms with E-state index in [1.807, 2.05) is 24.3 Å². The Hall–Kier alpha value is -1.94. The van der Waals surface area contributed by atoms with Gasteiger partial charge in [0.1, 0.15) is 0 Å². The molecule has 2 aromatic rings. The SMILES string of the molecule is Nc1ncc2c(n1)C[C@H](c1ccc(Cl)cc1)CC2=O. The number of ketones is 1. The van der Waals surface area contributed by atoms with Gasteiger partial charge in [0.2, 0.25) is 5.95 Å². The number of aromatic nitrogens is 2. The molecule has 19 heavy (non-hydrogen) atoms. The number of nitrogen functional groups attached to an aromatic ring is 1. The van der Waals surface area contributed by atoms with Crippen molar-refractivity contribution in [1.82, 2.24) is 9.97 Å². The van der Waals surface area contributed by atoms with Crippen molar-refractivity contribution >= 4 is 23.3 Å². The fraction of sp³-hybridized carbons (Fsp3) is 0.214. The summed E-state index contributed by atoms with van der Waals surface area (Å²) in [5.41, 5.74) is 8.01. The molecule has 1 heterocycles. The molecule has 0 amide bonds. The maximum atomic E-state index is 12.1. The number of anilines is 1. The number of hydrogen-bond acceptors (Lipinski definition) is 4. The van der Waals surface area contributed by atoms with Crippen LogP contribution in [0.25, 0.3) is 0 Å². The van der Waals surface area contributed by atoms with Crippen LogP contribution in [-0.2, 0) is 6.42 Å². The summed E-state index contributed by atoms with van der Waals surface area (Å²) in [6, 6.07) is 7.59. The molecule has 0 bridgehead atoms. The van der Waals surface area contributed by atoms with Crippen LogP contribution in [0, 0.1) is 0 Å². The Balaban J connectivity index is 1.96. The summed E-state index contributed by atoms with van der Waals surface area (Å²) in [6.45, 7) is 0. The van der Waals surface area contributed by atoms with Crippen molar-refractivity contribution in [3.63, 3.8) is 0 Å². The Bertz CT molecular complexity index is 640. The van der Waals surface area contributed by atoms with Crippen molar-refractivity contribution in [2.24, 2.45) is 0 Å². The van der Waals surface area contributed by atoms with Crippen LogP contribution in [0.2, 0.25) is 5.02 Å². The summed E-state index contributed by atoms with van der Waals surface area (Å²) < 4.78 is 0. The van der Waals surface area contributed by atoms with Gasteiger partial charge in [0.05, 0.1) is 11.3 Å². The van der Waals surface area contributed by atoms with E-state index in [1.165, 1.54) is 6.20 Å². The number of nitrogens with two attached hydrogens (primary N) is 1. The van der Waals surface area contributed by atoms with Gasteiger partial charge in [-0.2, -0.15) is 0 Å². The van der Waals surface area contributed by atoms with Crippen molar-refractivity contribution in [3.8, 4) is 0 Å². The van der Waals surface area contributed by atoms with Gasteiger partial charge in [0.25, 0.3) is 0 Å². The van der Waals surface area contributed by atoms with Gasteiger partial charge in [-0.05, 0) is 30.0 Å². The average Bonchev–Trinajstić information content (AvgIpc) is 2.38. The van der Waals surface area contributed by atoms with E-state index in [4.69, 9.17) is 17.3 Å². The number of hydrogen-bond donors (Lipinski definition) is 1. The number of halogens is 1. The first kappa shape index (κ1) is 12.1. The van der Waals surface area contributed by atoms with Gasteiger partial charge in [0.15, 0.2) is 5.78 Å². The molecular weight excluding hydrogens is 262 g/mol. The molecule has 3 rings (SSSR count). The molecule has 96 valence electrons. The maximum absolute atomic E-state index is 12.1. The van der Waals surface area contributed by atoms with Crippen LogP contribution in [0.3, 0.4) is 0 Å². The maximum Gasteiger partial charge on any atom is 0.220 e. The second kappa shape index (κ2) is 4.63. The van der Waals surface area contributed by atoms with Gasteiger partial charge in [-0.3, -0.25) is 4.79 Å². The topological polar surface area (TPSA) is 68.9 Å². The summed E-state index contributed by atoms with van der Waals surface area (Å²) in [7, 11) is 0. The molecule has 0 unspecified atom stereocenters. The first-order valence-corrected chi connectivity index (χ1v) is 6.41. The Morgan fingerprint density at radius 1 is 1.21 bits per heavy atom. The van der Waals surface area contributed by atoms with Gasteiger partial charge >= 0.3 is 0 Å². The highest BCUT2D eigenvalue weighted by Crippen LogP contribution is 2.32. The summed E-state index contributed by atoms with van der Waals surface area (Å²) in [4.78, 5) is 20.2. The molecule has 0 radical (unpaired) electrons. The standard InChI is InChI=1S/C14H12ClN3O/c15-10-3-1-8(2-4-10)9-5-12-11(13(19)6-9)7-17-14(16)18-12/h1-4,7,9H,5-6H2,(H2,16,17,18)/t9-/m0/s1. The molecule has 2 N–H and O–H groups in total. The van der Waals surface area contributed by atoms with Crippen LogP contribution >= 0.6 is 11.6 Å². The third kappa shape index (κ3) is 2.31. The highest BCUT2D eigenvalue weighted by Gasteiger charge is 2.27. The number of fused-ring (bicyclic) bond motifs is 1. The third-order valence-corrected chi connectivity index (χ3v) is 3.65. The molecule has 4 nitrogen and oxygen atoms in total. The number of nitrogens with zero attached hydrogens (tertiary/aromatic N) is 2. The monoisotopic (exact) mass is 273 g/mol. The zero-order valence-electron chi connectivity index (χ0n) is 10.1. The summed E-state index contributed by atoms with van der Waals surface area (Å²) in [6.07, 6.45) is 2.70. The molecule has 5 heteroatoms. The Labute approximate surface area is 115 Å². The molecule has 1 aliphatic rings. The molecule has 1 aromatic heterocycles. The molecule has 0 aliphatic heterocycles. The van der Waals surface area contributed by atoms with Crippen molar-refractivity contribution in [1.29, 1.82) is 0 Å². The lowest BCUT2D eigenvalue weighted by molar-refractivity contribution is 0.0963. The first-order chi connectivity index (χ1) is 9.13. The Kier molecular flexibility index (Phi) is 2.95. The van der Waals surface area contributed by atoms with Crippen molar-refractivity contribution in [2.45, 2.75) is 18.8 Å². The minimum Gasteiger partial charge on any atom is -0.368 e. The van der Waals surface area contributed by atoms with E-state index in [-0.39, 0.29) is 17.6 Å². The van der Waals surface area contributed by atoms with E-state index in [1.54, 1.807) is 0 Å². The smallest absolute Gasteiger partial charge is 0.220 e. The van der Waals surface area contributed by atoms with Crippen LogP contribution in [0.15, 0.2) is 30.5 Å². The van der Waals surface area contributed by atoms with Gasteiger partial charge < -0.3 is 5.73 Å². The van der Waals surface area contributed by atoms with Crippen LogP contribution in [0.1, 0.15) is 34.0 Å². The van der Waals surface area contributed by atoms with E-state index in [0.717, 1.165) is 11.3 Å². The van der Waals surface area contributed by atoms with Gasteiger partial charge in [0, 0.05) is 17.6 Å². The number of Topliss-reactive ketones (excluding diaryl/α,β-unsaturated/α-hetero) is 1. The third-order valence-electron chi connectivity index (χ3n) is 3.40. The van der Waals surface area contributed by atoms with E-state index < -0.39 is 0 Å². The largest absolute Gasteiger partial charge is 0.368 e. The summed E-state index contributed by atoms with van der Waals surface area (Å²) >= 11 is 5.88. The van der Waals surface area contributed by atoms with Crippen molar-refractivity contribution < 1.29 is 4.79 Å². The van der Waals surface area contributed by atoms with Crippen LogP contribution in [0.5, 0.6) is 0 Å². The quantitative estimate of drug-likeness (QED) is 0.867. The lowest BCUT2D eigenvalue weighted by Crippen LogP contribution is -2.21. The zero-order chi connectivity index (χ0) is 13.4. The Morgan fingerprint density at radius 2 is 1.95 bits per heavy atom. The number of rotatable bonds is 1. The molecular formula is C14H12ClN3O. The molecule has 0 saturated heterocycles. The fourth-order valence-corrected chi connectivity index (χ4v) is 2.56.